The molecule has 1 atom stereocenters. The van der Waals surface area contributed by atoms with E-state index in [1.54, 1.807) is 0 Å². The van der Waals surface area contributed by atoms with E-state index in [9.17, 15) is 0 Å². The lowest BCUT2D eigenvalue weighted by atomic mass is 9.85. The summed E-state index contributed by atoms with van der Waals surface area (Å²) in [5.41, 5.74) is 3.50. The second-order valence-corrected chi connectivity index (χ2v) is 7.50. The summed E-state index contributed by atoms with van der Waals surface area (Å²) in [6.07, 6.45) is 0. The van der Waals surface area contributed by atoms with Gasteiger partial charge in [-0.25, -0.2) is 4.98 Å². The van der Waals surface area contributed by atoms with Crippen molar-refractivity contribution in [2.24, 2.45) is 17.8 Å². The summed E-state index contributed by atoms with van der Waals surface area (Å²) in [7, 11) is 0. The van der Waals surface area contributed by atoms with E-state index in [0.717, 1.165) is 17.9 Å². The quantitative estimate of drug-likeness (QED) is 0.660. The highest BCUT2D eigenvalue weighted by Gasteiger charge is 2.22. The molecule has 0 spiro atoms. The number of nitrogens with zero attached hydrogens (tertiary/aromatic N) is 2. The van der Waals surface area contributed by atoms with Gasteiger partial charge in [-0.1, -0.05) is 33.8 Å². The van der Waals surface area contributed by atoms with Crippen LogP contribution in [-0.2, 0) is 6.54 Å². The molecular weight excluding hydrogens is 280 g/mol. The van der Waals surface area contributed by atoms with E-state index in [0.29, 0.717) is 17.8 Å². The van der Waals surface area contributed by atoms with Gasteiger partial charge in [0.05, 0.1) is 16.4 Å². The minimum Gasteiger partial charge on any atom is -0.326 e. The molecule has 1 aromatic heterocycles. The normalized spacial score (nSPS) is 13.8. The topological polar surface area (TPSA) is 17.8 Å². The first-order valence-electron chi connectivity index (χ1n) is 7.92. The summed E-state index contributed by atoms with van der Waals surface area (Å²) in [6.45, 7) is 14.3. The van der Waals surface area contributed by atoms with Crippen LogP contribution in [0, 0.1) is 24.7 Å². The molecule has 0 N–H and O–H groups in total. The van der Waals surface area contributed by atoms with Gasteiger partial charge in [-0.2, -0.15) is 0 Å². The van der Waals surface area contributed by atoms with E-state index in [4.69, 9.17) is 16.6 Å². The Labute approximate surface area is 133 Å². The van der Waals surface area contributed by atoms with Gasteiger partial charge in [-0.3, -0.25) is 0 Å². The standard InChI is InChI=1S/C18H27ClN2/c1-11(2)15(12(3)4)10-21-17-8-7-13(5)9-16(17)20-18(21)14(6)19/h7-9,11-12,14-15H,10H2,1-6H3. The lowest BCUT2D eigenvalue weighted by molar-refractivity contribution is 0.252. The first kappa shape index (κ1) is 16.4. The second-order valence-electron chi connectivity index (χ2n) is 6.84. The molecule has 0 bridgehead atoms. The van der Waals surface area contributed by atoms with Crippen LogP contribution in [0.5, 0.6) is 0 Å². The fraction of sp³-hybridized carbons (Fsp3) is 0.611. The zero-order valence-corrected chi connectivity index (χ0v) is 14.8. The molecule has 0 aliphatic heterocycles. The van der Waals surface area contributed by atoms with Crippen LogP contribution in [0.25, 0.3) is 11.0 Å². The molecule has 0 saturated carbocycles. The molecule has 0 fully saturated rings. The highest BCUT2D eigenvalue weighted by molar-refractivity contribution is 6.20. The number of rotatable bonds is 5. The van der Waals surface area contributed by atoms with Crippen molar-refractivity contribution < 1.29 is 0 Å². The molecule has 0 amide bonds. The molecule has 0 radical (unpaired) electrons. The Kier molecular flexibility index (Phi) is 4.98. The largest absolute Gasteiger partial charge is 0.326 e. The molecule has 116 valence electrons. The number of imidazole rings is 1. The lowest BCUT2D eigenvalue weighted by Crippen LogP contribution is -2.23. The lowest BCUT2D eigenvalue weighted by Gasteiger charge is -2.26. The SMILES string of the molecule is Cc1ccc2c(c1)nc(C(C)Cl)n2CC(C(C)C)C(C)C. The molecule has 1 heterocycles. The maximum atomic E-state index is 6.38. The zero-order valence-electron chi connectivity index (χ0n) is 14.0. The van der Waals surface area contributed by atoms with E-state index in [-0.39, 0.29) is 5.38 Å². The Morgan fingerprint density at radius 2 is 1.71 bits per heavy atom. The molecule has 2 aromatic rings. The van der Waals surface area contributed by atoms with Crippen molar-refractivity contribution in [3.63, 3.8) is 0 Å². The fourth-order valence-electron chi connectivity index (χ4n) is 3.16. The van der Waals surface area contributed by atoms with Gasteiger partial charge in [-0.15, -0.1) is 11.6 Å². The Morgan fingerprint density at radius 1 is 1.10 bits per heavy atom. The number of fused-ring (bicyclic) bond motifs is 1. The fourth-order valence-corrected chi connectivity index (χ4v) is 3.32. The van der Waals surface area contributed by atoms with Crippen molar-refractivity contribution in [3.8, 4) is 0 Å². The van der Waals surface area contributed by atoms with Gasteiger partial charge >= 0.3 is 0 Å². The molecule has 1 unspecified atom stereocenters. The van der Waals surface area contributed by atoms with Crippen LogP contribution < -0.4 is 0 Å². The van der Waals surface area contributed by atoms with Crippen LogP contribution in [0.3, 0.4) is 0 Å². The van der Waals surface area contributed by atoms with Crippen molar-refractivity contribution in [2.75, 3.05) is 0 Å². The molecule has 1 aromatic carbocycles. The van der Waals surface area contributed by atoms with E-state index >= 15 is 0 Å². The van der Waals surface area contributed by atoms with Crippen molar-refractivity contribution in [2.45, 2.75) is 53.5 Å². The van der Waals surface area contributed by atoms with Gasteiger partial charge in [0, 0.05) is 6.54 Å². The minimum absolute atomic E-state index is 0.0716. The molecule has 0 saturated heterocycles. The maximum absolute atomic E-state index is 6.38. The van der Waals surface area contributed by atoms with Gasteiger partial charge in [0.1, 0.15) is 5.82 Å². The third kappa shape index (κ3) is 3.42. The maximum Gasteiger partial charge on any atom is 0.127 e. The highest BCUT2D eigenvalue weighted by Crippen LogP contribution is 2.30. The molecule has 0 aliphatic carbocycles. The Balaban J connectivity index is 2.52. The Hall–Kier alpha value is -1.02. The van der Waals surface area contributed by atoms with Crippen LogP contribution in [-0.4, -0.2) is 9.55 Å². The highest BCUT2D eigenvalue weighted by atomic mass is 35.5. The number of aryl methyl sites for hydroxylation is 1. The van der Waals surface area contributed by atoms with Gasteiger partial charge in [0.2, 0.25) is 0 Å². The number of halogens is 1. The Morgan fingerprint density at radius 3 is 2.24 bits per heavy atom. The summed E-state index contributed by atoms with van der Waals surface area (Å²) in [4.78, 5) is 4.78. The summed E-state index contributed by atoms with van der Waals surface area (Å²) in [6, 6.07) is 6.48. The number of alkyl halides is 1. The molecule has 21 heavy (non-hydrogen) atoms. The van der Waals surface area contributed by atoms with Crippen molar-refractivity contribution in [1.82, 2.24) is 9.55 Å². The third-order valence-corrected chi connectivity index (χ3v) is 4.59. The minimum atomic E-state index is -0.0716. The number of benzene rings is 1. The number of hydrogen-bond donors (Lipinski definition) is 0. The summed E-state index contributed by atoms with van der Waals surface area (Å²) >= 11 is 6.38. The second kappa shape index (κ2) is 6.39. The van der Waals surface area contributed by atoms with Crippen LogP contribution in [0.2, 0.25) is 0 Å². The average molecular weight is 307 g/mol. The van der Waals surface area contributed by atoms with Gasteiger partial charge < -0.3 is 4.57 Å². The van der Waals surface area contributed by atoms with Crippen molar-refractivity contribution in [1.29, 1.82) is 0 Å². The summed E-state index contributed by atoms with van der Waals surface area (Å²) in [5.74, 6) is 2.90. The van der Waals surface area contributed by atoms with Gasteiger partial charge in [0.15, 0.2) is 0 Å². The summed E-state index contributed by atoms with van der Waals surface area (Å²) < 4.78 is 2.33. The van der Waals surface area contributed by atoms with E-state index in [2.05, 4.69) is 57.4 Å². The smallest absolute Gasteiger partial charge is 0.127 e. The van der Waals surface area contributed by atoms with Gasteiger partial charge in [-0.05, 0) is 49.3 Å². The zero-order chi connectivity index (χ0) is 15.7. The number of aromatic nitrogens is 2. The molecule has 2 rings (SSSR count). The third-order valence-electron chi connectivity index (χ3n) is 4.40. The summed E-state index contributed by atoms with van der Waals surface area (Å²) in [5, 5.41) is -0.0716. The molecule has 0 aliphatic rings. The van der Waals surface area contributed by atoms with Gasteiger partial charge in [0.25, 0.3) is 0 Å². The monoisotopic (exact) mass is 306 g/mol. The molecule has 3 heteroatoms. The first-order chi connectivity index (χ1) is 9.81. The van der Waals surface area contributed by atoms with Crippen molar-refractivity contribution in [3.05, 3.63) is 29.6 Å². The average Bonchev–Trinajstić information content (AvgIpc) is 2.72. The van der Waals surface area contributed by atoms with E-state index in [1.165, 1.54) is 11.1 Å². The predicted molar refractivity (Wildman–Crippen MR) is 91.9 cm³/mol. The predicted octanol–water partition coefficient (Wildman–Crippen LogP) is 5.57. The number of hydrogen-bond acceptors (Lipinski definition) is 1. The van der Waals surface area contributed by atoms with Crippen molar-refractivity contribution >= 4 is 22.6 Å². The first-order valence-corrected chi connectivity index (χ1v) is 8.35. The Bertz CT molecular complexity index is 603. The van der Waals surface area contributed by atoms with Crippen LogP contribution >= 0.6 is 11.6 Å². The van der Waals surface area contributed by atoms with Crippen LogP contribution in [0.1, 0.15) is 51.4 Å². The van der Waals surface area contributed by atoms with Crippen LogP contribution in [0.4, 0.5) is 0 Å². The van der Waals surface area contributed by atoms with E-state index < -0.39 is 0 Å². The van der Waals surface area contributed by atoms with E-state index in [1.807, 2.05) is 6.92 Å². The van der Waals surface area contributed by atoms with Crippen LogP contribution in [0.15, 0.2) is 18.2 Å². The molecule has 2 nitrogen and oxygen atoms in total. The molecular formula is C18H27ClN2.